The number of carbonyl (C=O) groups is 4. The van der Waals surface area contributed by atoms with E-state index in [-0.39, 0.29) is 23.9 Å². The maximum absolute atomic E-state index is 13.4. The summed E-state index contributed by atoms with van der Waals surface area (Å²) in [6, 6.07) is 17.1. The van der Waals surface area contributed by atoms with Gasteiger partial charge in [0.05, 0.1) is 35.9 Å². The van der Waals surface area contributed by atoms with E-state index in [1.807, 2.05) is 38.1 Å². The summed E-state index contributed by atoms with van der Waals surface area (Å²) in [5.74, 6) is -0.959. The summed E-state index contributed by atoms with van der Waals surface area (Å²) in [5, 5.41) is 3.31. The summed E-state index contributed by atoms with van der Waals surface area (Å²) >= 11 is 0. The Labute approximate surface area is 269 Å². The number of ketones is 1. The van der Waals surface area contributed by atoms with Crippen LogP contribution in [0, 0.1) is 6.92 Å². The van der Waals surface area contributed by atoms with E-state index < -0.39 is 17.5 Å². The monoisotopic (exact) mass is 622 g/mol. The fourth-order valence-corrected chi connectivity index (χ4v) is 5.20. The van der Waals surface area contributed by atoms with Gasteiger partial charge in [-0.15, -0.1) is 0 Å². The third-order valence-corrected chi connectivity index (χ3v) is 7.60. The van der Waals surface area contributed by atoms with Crippen LogP contribution < -0.4 is 10.2 Å². The number of hydrogen-bond acceptors (Lipinski definition) is 8. The van der Waals surface area contributed by atoms with Gasteiger partial charge in [0, 0.05) is 23.7 Å². The number of likely N-dealkylation sites (N-methyl/N-ethyl adjacent to an activating group) is 1. The van der Waals surface area contributed by atoms with Crippen molar-refractivity contribution in [2.45, 2.75) is 46.8 Å². The molecule has 1 aliphatic rings. The van der Waals surface area contributed by atoms with Crippen molar-refractivity contribution in [3.63, 3.8) is 0 Å². The fraction of sp³-hybridized carbons (Fsp3) is 0.243. The molecule has 1 amide bonds. The second kappa shape index (κ2) is 14.1. The summed E-state index contributed by atoms with van der Waals surface area (Å²) in [5.41, 5.74) is 4.28. The van der Waals surface area contributed by atoms with Crippen LogP contribution in [0.5, 0.6) is 0 Å². The minimum absolute atomic E-state index is 0.145. The number of carbonyl (C=O) groups excluding carboxylic acids is 4. The molecule has 0 saturated carbocycles. The number of anilines is 2. The van der Waals surface area contributed by atoms with E-state index in [0.717, 1.165) is 5.56 Å². The van der Waals surface area contributed by atoms with E-state index in [0.29, 0.717) is 45.0 Å². The number of methoxy groups -OCH3 is 1. The Bertz CT molecular complexity index is 1760. The zero-order chi connectivity index (χ0) is 33.6. The van der Waals surface area contributed by atoms with Crippen LogP contribution in [0.1, 0.15) is 75.5 Å². The largest absolute Gasteiger partial charge is 0.496 e. The van der Waals surface area contributed by atoms with Gasteiger partial charge in [-0.1, -0.05) is 35.9 Å². The highest BCUT2D eigenvalue weighted by molar-refractivity contribution is 6.08. The van der Waals surface area contributed by atoms with Gasteiger partial charge in [-0.3, -0.25) is 9.59 Å². The van der Waals surface area contributed by atoms with Gasteiger partial charge >= 0.3 is 11.9 Å². The first-order valence-corrected chi connectivity index (χ1v) is 14.7. The number of hydrogen-bond donors (Lipinski definition) is 1. The molecule has 1 N–H and O–H groups in total. The number of nitrogens with one attached hydrogen (secondary N) is 1. The van der Waals surface area contributed by atoms with Crippen LogP contribution >= 0.6 is 0 Å². The molecule has 3 aromatic carbocycles. The standard InChI is InChI=1S/C37H38N2O7/c1-8-32(44-7)29(13-10-20-45-35(42)27-12-9-11-26(21-27)24(3)40)28-18-19-31-33(39(6)36(43)37(4,5)38-31)30(28)22-46-34(41)25-16-14-23(2)15-17-25/h8-21,38H,22H2,1-7H3/b20-10+,29-13-,32-8+. The van der Waals surface area contributed by atoms with Crippen LogP contribution in [0.15, 0.2) is 90.9 Å². The fourth-order valence-electron chi connectivity index (χ4n) is 5.20. The number of fused-ring (bicyclic) bond motifs is 1. The van der Waals surface area contributed by atoms with Crippen molar-refractivity contribution < 1.29 is 33.4 Å². The first kappa shape index (κ1) is 33.5. The first-order valence-electron chi connectivity index (χ1n) is 14.7. The molecule has 0 fully saturated rings. The van der Waals surface area contributed by atoms with Crippen LogP contribution in [-0.4, -0.2) is 43.3 Å². The first-order chi connectivity index (χ1) is 21.9. The molecule has 3 aromatic rings. The summed E-state index contributed by atoms with van der Waals surface area (Å²) in [6.07, 6.45) is 6.26. The molecular formula is C37H38N2O7. The average Bonchev–Trinajstić information content (AvgIpc) is 3.04. The zero-order valence-corrected chi connectivity index (χ0v) is 27.1. The highest BCUT2D eigenvalue weighted by Gasteiger charge is 2.39. The summed E-state index contributed by atoms with van der Waals surface area (Å²) in [6.45, 7) is 8.63. The predicted octanol–water partition coefficient (Wildman–Crippen LogP) is 7.03. The molecule has 238 valence electrons. The van der Waals surface area contributed by atoms with E-state index in [2.05, 4.69) is 5.32 Å². The number of aryl methyl sites for hydroxylation is 1. The lowest BCUT2D eigenvalue weighted by molar-refractivity contribution is -0.121. The van der Waals surface area contributed by atoms with E-state index in [9.17, 15) is 19.2 Å². The molecule has 0 bridgehead atoms. The van der Waals surface area contributed by atoms with Gasteiger partial charge in [-0.2, -0.15) is 0 Å². The van der Waals surface area contributed by atoms with Crippen molar-refractivity contribution in [1.82, 2.24) is 0 Å². The van der Waals surface area contributed by atoms with E-state index >= 15 is 0 Å². The minimum atomic E-state index is -0.852. The molecule has 0 atom stereocenters. The molecule has 0 radical (unpaired) electrons. The van der Waals surface area contributed by atoms with Gasteiger partial charge in [0.15, 0.2) is 5.78 Å². The quantitative estimate of drug-likeness (QED) is 0.111. The maximum atomic E-state index is 13.4. The zero-order valence-electron chi connectivity index (χ0n) is 27.1. The van der Waals surface area contributed by atoms with E-state index in [4.69, 9.17) is 14.2 Å². The van der Waals surface area contributed by atoms with Crippen molar-refractivity contribution in [3.8, 4) is 0 Å². The molecule has 0 saturated heterocycles. The Morgan fingerprint density at radius 2 is 1.65 bits per heavy atom. The van der Waals surface area contributed by atoms with Crippen molar-refractivity contribution in [2.75, 3.05) is 24.4 Å². The van der Waals surface area contributed by atoms with Crippen molar-refractivity contribution >= 4 is 40.6 Å². The molecule has 0 unspecified atom stereocenters. The minimum Gasteiger partial charge on any atom is -0.496 e. The predicted molar refractivity (Wildman–Crippen MR) is 178 cm³/mol. The number of benzene rings is 3. The van der Waals surface area contributed by atoms with Gasteiger partial charge in [-0.25, -0.2) is 9.59 Å². The van der Waals surface area contributed by atoms with Gasteiger partial charge in [-0.05, 0) is 88.7 Å². The van der Waals surface area contributed by atoms with Gasteiger partial charge < -0.3 is 24.4 Å². The number of nitrogens with zero attached hydrogens (tertiary/aromatic N) is 1. The highest BCUT2D eigenvalue weighted by Crippen LogP contribution is 2.42. The highest BCUT2D eigenvalue weighted by atomic mass is 16.5. The second-order valence-electron chi connectivity index (χ2n) is 11.4. The molecule has 9 heteroatoms. The molecule has 1 heterocycles. The average molecular weight is 623 g/mol. The molecule has 46 heavy (non-hydrogen) atoms. The van der Waals surface area contributed by atoms with Crippen LogP contribution in [0.4, 0.5) is 11.4 Å². The Balaban J connectivity index is 1.75. The lowest BCUT2D eigenvalue weighted by Crippen LogP contribution is -2.52. The topological polar surface area (TPSA) is 111 Å². The Morgan fingerprint density at radius 1 is 0.957 bits per heavy atom. The molecular weight excluding hydrogens is 584 g/mol. The van der Waals surface area contributed by atoms with Crippen LogP contribution in [0.25, 0.3) is 5.57 Å². The van der Waals surface area contributed by atoms with Gasteiger partial charge in [0.25, 0.3) is 5.91 Å². The second-order valence-corrected chi connectivity index (χ2v) is 11.4. The van der Waals surface area contributed by atoms with E-state index in [1.54, 1.807) is 74.4 Å². The number of Topliss-reactive ketones (excluding diaryl/α,β-unsaturated/α-hetero) is 1. The van der Waals surface area contributed by atoms with Crippen LogP contribution in [-0.2, 0) is 25.6 Å². The van der Waals surface area contributed by atoms with Gasteiger partial charge in [0.1, 0.15) is 17.9 Å². The number of ether oxygens (including phenoxy) is 3. The Kier molecular flexibility index (Phi) is 10.3. The normalized spacial score (nSPS) is 14.4. The molecule has 0 aromatic heterocycles. The Morgan fingerprint density at radius 3 is 2.30 bits per heavy atom. The van der Waals surface area contributed by atoms with Crippen molar-refractivity contribution in [3.05, 3.63) is 124 Å². The molecule has 0 aliphatic carbocycles. The Hall–Kier alpha value is -5.44. The summed E-state index contributed by atoms with van der Waals surface area (Å²) < 4.78 is 16.9. The maximum Gasteiger partial charge on any atom is 0.342 e. The van der Waals surface area contributed by atoms with E-state index in [1.165, 1.54) is 26.4 Å². The number of rotatable bonds is 10. The molecule has 1 aliphatic heterocycles. The molecule has 0 spiro atoms. The lowest BCUT2D eigenvalue weighted by Gasteiger charge is -2.39. The number of allylic oxidation sites excluding steroid dienone is 4. The smallest absolute Gasteiger partial charge is 0.342 e. The summed E-state index contributed by atoms with van der Waals surface area (Å²) in [7, 11) is 3.22. The van der Waals surface area contributed by atoms with Gasteiger partial charge in [0.2, 0.25) is 0 Å². The molecule has 9 nitrogen and oxygen atoms in total. The third kappa shape index (κ3) is 7.26. The van der Waals surface area contributed by atoms with Crippen molar-refractivity contribution in [1.29, 1.82) is 0 Å². The van der Waals surface area contributed by atoms with Crippen LogP contribution in [0.2, 0.25) is 0 Å². The lowest BCUT2D eigenvalue weighted by atomic mass is 9.91. The number of amides is 1. The van der Waals surface area contributed by atoms with Crippen LogP contribution in [0.3, 0.4) is 0 Å². The third-order valence-electron chi connectivity index (χ3n) is 7.60. The SMILES string of the molecule is C\C=C(OC)/C(=C\C=C\OC(=O)c1cccc(C(C)=O)c1)c1ccc2c(c1COC(=O)c1ccc(C)cc1)N(C)C(=O)C(C)(C)N2. The summed E-state index contributed by atoms with van der Waals surface area (Å²) in [4.78, 5) is 52.4. The number of esters is 2. The molecule has 4 rings (SSSR count). The van der Waals surface area contributed by atoms with Crippen molar-refractivity contribution in [2.24, 2.45) is 0 Å².